The molecule has 0 aliphatic heterocycles. The molecule has 0 unspecified atom stereocenters. The van der Waals surface area contributed by atoms with E-state index in [0.29, 0.717) is 16.4 Å². The van der Waals surface area contributed by atoms with Crippen LogP contribution in [0.3, 0.4) is 0 Å². The number of para-hydroxylation sites is 1. The lowest BCUT2D eigenvalue weighted by Crippen LogP contribution is -2.29. The van der Waals surface area contributed by atoms with Crippen LogP contribution in [0.2, 0.25) is 5.02 Å². The number of nitrogens with one attached hydrogen (secondary N) is 2. The number of hydrogen-bond acceptors (Lipinski definition) is 5. The number of anilines is 2. The lowest BCUT2D eigenvalue weighted by atomic mass is 10.2. The minimum atomic E-state index is -0.558. The van der Waals surface area contributed by atoms with Crippen LogP contribution in [0.15, 0.2) is 64.9 Å². The maximum atomic E-state index is 12.1. The maximum absolute atomic E-state index is 12.1. The van der Waals surface area contributed by atoms with Crippen molar-refractivity contribution in [2.75, 3.05) is 10.7 Å². The maximum Gasteiger partial charge on any atom is 0.279 e. The van der Waals surface area contributed by atoms with E-state index < -0.39 is 5.91 Å². The molecule has 6 nitrogen and oxygen atoms in total. The van der Waals surface area contributed by atoms with Gasteiger partial charge in [-0.25, -0.2) is 0 Å². The molecule has 118 valence electrons. The Balaban J connectivity index is 2.05. The van der Waals surface area contributed by atoms with Gasteiger partial charge in [0.25, 0.3) is 5.91 Å². The average molecular weight is 331 g/mol. The van der Waals surface area contributed by atoms with Gasteiger partial charge in [-0.15, -0.1) is 0 Å². The molecule has 0 aliphatic rings. The van der Waals surface area contributed by atoms with Crippen LogP contribution >= 0.6 is 11.6 Å². The summed E-state index contributed by atoms with van der Waals surface area (Å²) in [5.74, 6) is -0.558. The van der Waals surface area contributed by atoms with Crippen LogP contribution in [-0.4, -0.2) is 22.5 Å². The zero-order valence-electron chi connectivity index (χ0n) is 12.3. The van der Waals surface area contributed by atoms with Crippen molar-refractivity contribution in [3.8, 4) is 0 Å². The predicted octanol–water partition coefficient (Wildman–Crippen LogP) is 3.60. The Morgan fingerprint density at radius 2 is 1.70 bits per heavy atom. The summed E-state index contributed by atoms with van der Waals surface area (Å²) in [6, 6.07) is 15.7. The van der Waals surface area contributed by atoms with Crippen LogP contribution in [-0.2, 0) is 4.79 Å². The second-order valence-electron chi connectivity index (χ2n) is 4.58. The Kier molecular flexibility index (Phi) is 5.71. The fourth-order valence-corrected chi connectivity index (χ4v) is 1.85. The van der Waals surface area contributed by atoms with Crippen LogP contribution < -0.4 is 10.7 Å². The van der Waals surface area contributed by atoms with Crippen LogP contribution in [0.4, 0.5) is 11.4 Å². The fourth-order valence-electron chi connectivity index (χ4n) is 1.72. The lowest BCUT2D eigenvalue weighted by Gasteiger charge is -2.07. The Labute approximate surface area is 138 Å². The van der Waals surface area contributed by atoms with Gasteiger partial charge in [0.05, 0.1) is 11.4 Å². The van der Waals surface area contributed by atoms with Crippen LogP contribution in [0.1, 0.15) is 6.92 Å². The zero-order chi connectivity index (χ0) is 16.7. The Morgan fingerprint density at radius 3 is 2.30 bits per heavy atom. The van der Waals surface area contributed by atoms with Gasteiger partial charge in [-0.3, -0.25) is 10.2 Å². The molecule has 0 spiro atoms. The third-order valence-corrected chi connectivity index (χ3v) is 3.14. The summed E-state index contributed by atoms with van der Waals surface area (Å²) in [6.45, 7) is 1.56. The molecule has 0 heterocycles. The van der Waals surface area contributed by atoms with Gasteiger partial charge in [0.1, 0.15) is 0 Å². The van der Waals surface area contributed by atoms with E-state index in [1.165, 1.54) is 0 Å². The molecule has 7 heteroatoms. The first kappa shape index (κ1) is 16.5. The topological polar surface area (TPSA) is 86.1 Å². The number of amides is 1. The quantitative estimate of drug-likeness (QED) is 0.445. The first-order valence-corrected chi connectivity index (χ1v) is 7.12. The standard InChI is InChI=1S/C16H15ClN4O2/c1-11(19-20-14-9-7-12(17)8-10-14)15(21-23)16(22)18-13-5-3-2-4-6-13/h2-10,20,23H,1H3,(H,18,22)/b19-11+,21-15-. The summed E-state index contributed by atoms with van der Waals surface area (Å²) >= 11 is 5.80. The van der Waals surface area contributed by atoms with Gasteiger partial charge >= 0.3 is 0 Å². The highest BCUT2D eigenvalue weighted by atomic mass is 35.5. The second-order valence-corrected chi connectivity index (χ2v) is 5.02. The molecular formula is C16H15ClN4O2. The summed E-state index contributed by atoms with van der Waals surface area (Å²) in [5.41, 5.74) is 4.09. The Hall–Kier alpha value is -2.86. The third-order valence-electron chi connectivity index (χ3n) is 2.89. The van der Waals surface area contributed by atoms with Gasteiger partial charge in [0, 0.05) is 10.7 Å². The molecule has 0 atom stereocenters. The molecule has 0 aromatic heterocycles. The summed E-state index contributed by atoms with van der Waals surface area (Å²) in [7, 11) is 0. The largest absolute Gasteiger partial charge is 0.410 e. The molecule has 2 aromatic rings. The summed E-state index contributed by atoms with van der Waals surface area (Å²) in [4.78, 5) is 12.1. The van der Waals surface area contributed by atoms with E-state index in [1.807, 2.05) is 6.07 Å². The van der Waals surface area contributed by atoms with Crippen molar-refractivity contribution in [3.05, 3.63) is 59.6 Å². The number of oxime groups is 1. The number of halogens is 1. The normalized spacial score (nSPS) is 11.9. The number of carbonyl (C=O) groups is 1. The van der Waals surface area contributed by atoms with Crippen LogP contribution in [0, 0.1) is 0 Å². The Morgan fingerprint density at radius 1 is 1.04 bits per heavy atom. The van der Waals surface area contributed by atoms with Crippen molar-refractivity contribution in [1.82, 2.24) is 0 Å². The predicted molar refractivity (Wildman–Crippen MR) is 92.5 cm³/mol. The van der Waals surface area contributed by atoms with E-state index in [0.717, 1.165) is 0 Å². The molecule has 1 amide bonds. The van der Waals surface area contributed by atoms with Gasteiger partial charge in [0.15, 0.2) is 5.71 Å². The second kappa shape index (κ2) is 7.95. The van der Waals surface area contributed by atoms with Gasteiger partial charge < -0.3 is 10.5 Å². The van der Waals surface area contributed by atoms with Gasteiger partial charge in [-0.2, -0.15) is 5.10 Å². The van der Waals surface area contributed by atoms with Crippen LogP contribution in [0.5, 0.6) is 0 Å². The number of carbonyl (C=O) groups excluding carboxylic acids is 1. The first-order valence-electron chi connectivity index (χ1n) is 6.75. The molecular weight excluding hydrogens is 316 g/mol. The van der Waals surface area contributed by atoms with Gasteiger partial charge in [-0.1, -0.05) is 35.0 Å². The van der Waals surface area contributed by atoms with Gasteiger partial charge in [-0.05, 0) is 43.3 Å². The van der Waals surface area contributed by atoms with E-state index in [1.54, 1.807) is 55.5 Å². The molecule has 2 aromatic carbocycles. The summed E-state index contributed by atoms with van der Waals surface area (Å²) in [6.07, 6.45) is 0. The number of nitrogens with zero attached hydrogens (tertiary/aromatic N) is 2. The van der Waals surface area contributed by atoms with E-state index in [2.05, 4.69) is 21.0 Å². The van der Waals surface area contributed by atoms with Crippen molar-refractivity contribution in [1.29, 1.82) is 0 Å². The van der Waals surface area contributed by atoms with Crippen molar-refractivity contribution >= 4 is 40.3 Å². The molecule has 0 saturated heterocycles. The van der Waals surface area contributed by atoms with Crippen molar-refractivity contribution in [3.63, 3.8) is 0 Å². The van der Waals surface area contributed by atoms with Crippen LogP contribution in [0.25, 0.3) is 0 Å². The van der Waals surface area contributed by atoms with Crippen molar-refractivity contribution in [2.24, 2.45) is 10.3 Å². The molecule has 3 N–H and O–H groups in total. The van der Waals surface area contributed by atoms with E-state index >= 15 is 0 Å². The highest BCUT2D eigenvalue weighted by Gasteiger charge is 2.16. The number of rotatable bonds is 5. The summed E-state index contributed by atoms with van der Waals surface area (Å²) < 4.78 is 0. The van der Waals surface area contributed by atoms with E-state index in [4.69, 9.17) is 16.8 Å². The average Bonchev–Trinajstić information content (AvgIpc) is 2.56. The highest BCUT2D eigenvalue weighted by molar-refractivity contribution is 6.68. The minimum Gasteiger partial charge on any atom is -0.410 e. The molecule has 0 radical (unpaired) electrons. The minimum absolute atomic E-state index is 0.185. The SMILES string of the molecule is CC(=N\Nc1ccc(Cl)cc1)/C(=N/O)C(=O)Nc1ccccc1. The molecule has 0 bridgehead atoms. The third kappa shape index (κ3) is 4.82. The molecule has 0 aliphatic carbocycles. The number of hydrogen-bond donors (Lipinski definition) is 3. The lowest BCUT2D eigenvalue weighted by molar-refractivity contribution is -0.110. The van der Waals surface area contributed by atoms with Crippen molar-refractivity contribution in [2.45, 2.75) is 6.92 Å². The molecule has 23 heavy (non-hydrogen) atoms. The smallest absolute Gasteiger partial charge is 0.279 e. The number of benzene rings is 2. The van der Waals surface area contributed by atoms with Gasteiger partial charge in [0.2, 0.25) is 0 Å². The fraction of sp³-hybridized carbons (Fsp3) is 0.0625. The Bertz CT molecular complexity index is 728. The molecule has 2 rings (SSSR count). The zero-order valence-corrected chi connectivity index (χ0v) is 13.1. The summed E-state index contributed by atoms with van der Waals surface area (Å²) in [5, 5.41) is 19.4. The monoisotopic (exact) mass is 330 g/mol. The van der Waals surface area contributed by atoms with E-state index in [-0.39, 0.29) is 11.4 Å². The molecule has 0 fully saturated rings. The van der Waals surface area contributed by atoms with Crippen molar-refractivity contribution < 1.29 is 10.0 Å². The molecule has 0 saturated carbocycles. The highest BCUT2D eigenvalue weighted by Crippen LogP contribution is 2.13. The van der Waals surface area contributed by atoms with E-state index in [9.17, 15) is 4.79 Å². The first-order chi connectivity index (χ1) is 11.1. The number of hydrazone groups is 1.